The second-order valence-corrected chi connectivity index (χ2v) is 20.9. The number of fused-ring (bicyclic) bond motifs is 3. The van der Waals surface area contributed by atoms with Crippen molar-refractivity contribution >= 4 is 33.2 Å². The van der Waals surface area contributed by atoms with Gasteiger partial charge in [-0.3, -0.25) is 14.9 Å². The Morgan fingerprint density at radius 1 is 1.00 bits per heavy atom. The van der Waals surface area contributed by atoms with Gasteiger partial charge >= 0.3 is 0 Å². The first-order chi connectivity index (χ1) is 26.5. The number of nitrogens with two attached hydrogens (primary N) is 1. The van der Waals surface area contributed by atoms with E-state index in [1.165, 1.54) is 10.8 Å². The summed E-state index contributed by atoms with van der Waals surface area (Å²) in [6.07, 6.45) is 10.9. The Morgan fingerprint density at radius 3 is 2.64 bits per heavy atom. The van der Waals surface area contributed by atoms with Gasteiger partial charge in [0.25, 0.3) is 0 Å². The summed E-state index contributed by atoms with van der Waals surface area (Å²) in [5.41, 5.74) is -4.26. The number of piperidine rings is 1. The largest absolute Gasteiger partial charge is 0.511 e. The topological polar surface area (TPSA) is 203 Å². The third-order valence-electron chi connectivity index (χ3n) is 15.6. The molecule has 17 atom stereocenters. The van der Waals surface area contributed by atoms with E-state index in [0.717, 1.165) is 44.2 Å². The monoisotopic (exact) mass is 803 g/mol. The smallest absolute Gasteiger partial charge is 0.187 e. The number of aliphatic hydroxyl groups excluding tert-OH is 5. The van der Waals surface area contributed by atoms with E-state index in [4.69, 9.17) is 9.47 Å². The van der Waals surface area contributed by atoms with Crippen molar-refractivity contribution in [2.45, 2.75) is 124 Å². The molecule has 12 nitrogen and oxygen atoms in total. The predicted molar refractivity (Wildman–Crippen MR) is 205 cm³/mol. The molecule has 3 saturated heterocycles. The minimum Gasteiger partial charge on any atom is -0.511 e. The predicted octanol–water partition coefficient (Wildman–Crippen LogP) is 1.86. The number of allylic oxidation sites excluding steroid dienone is 4. The van der Waals surface area contributed by atoms with Crippen LogP contribution in [0.5, 0.6) is 0 Å². The first-order valence-corrected chi connectivity index (χ1v) is 23.3. The SMILES string of the molecule is O=C1C2CCCC3OC4OC5(CO)CCC(CC6CC[NH2+]C7NC(C=CC67)SSCC6(C(=O)C32)C(O)=CC(CC2CCCC(CO)C2)=CC16)C(O)(C4O)C5O. The fourth-order valence-electron chi connectivity index (χ4n) is 12.6. The molecule has 5 aliphatic carbocycles. The molecule has 7 fully saturated rings. The third-order valence-corrected chi connectivity index (χ3v) is 18.2. The maximum atomic E-state index is 15.4. The molecule has 4 saturated carbocycles. The molecule has 55 heavy (non-hydrogen) atoms. The molecule has 304 valence electrons. The molecule has 17 unspecified atom stereocenters. The van der Waals surface area contributed by atoms with Crippen molar-refractivity contribution in [1.82, 2.24) is 5.32 Å². The number of ketones is 2. The van der Waals surface area contributed by atoms with Crippen molar-refractivity contribution in [3.05, 3.63) is 35.6 Å². The highest BCUT2D eigenvalue weighted by atomic mass is 33.1. The minimum absolute atomic E-state index is 0.0709. The zero-order valence-electron chi connectivity index (χ0n) is 31.4. The summed E-state index contributed by atoms with van der Waals surface area (Å²) < 4.78 is 12.9. The van der Waals surface area contributed by atoms with Crippen molar-refractivity contribution in [2.75, 3.05) is 25.5 Å². The first-order valence-electron chi connectivity index (χ1n) is 20.9. The number of quaternary nitrogens is 1. The molecule has 0 aromatic rings. The van der Waals surface area contributed by atoms with E-state index in [0.29, 0.717) is 44.4 Å². The second kappa shape index (κ2) is 15.1. The van der Waals surface area contributed by atoms with E-state index in [-0.39, 0.29) is 65.4 Å². The number of hydrogen-bond donors (Lipinski definition) is 8. The average Bonchev–Trinajstić information content (AvgIpc) is 3.19. The number of ether oxygens (including phenoxy) is 2. The van der Waals surface area contributed by atoms with Crippen LogP contribution < -0.4 is 10.6 Å². The van der Waals surface area contributed by atoms with Crippen molar-refractivity contribution < 1.29 is 55.0 Å². The van der Waals surface area contributed by atoms with E-state index in [2.05, 4.69) is 22.8 Å². The number of Topliss-reactive ketones (excluding diaryl/α,β-unsaturated/α-hetero) is 2. The summed E-state index contributed by atoms with van der Waals surface area (Å²) in [6.45, 7) is 0.449. The van der Waals surface area contributed by atoms with Crippen LogP contribution in [0.3, 0.4) is 0 Å². The van der Waals surface area contributed by atoms with Crippen molar-refractivity contribution in [1.29, 1.82) is 0 Å². The fraction of sp³-hybridized carbons (Fsp3) is 0.805. The second-order valence-electron chi connectivity index (χ2n) is 18.4. The van der Waals surface area contributed by atoms with Gasteiger partial charge in [-0.1, -0.05) is 59.1 Å². The van der Waals surface area contributed by atoms with E-state index in [9.17, 15) is 35.4 Å². The highest BCUT2D eigenvalue weighted by molar-refractivity contribution is 8.77. The maximum absolute atomic E-state index is 15.4. The van der Waals surface area contributed by atoms with Gasteiger partial charge in [0.1, 0.15) is 46.5 Å². The highest BCUT2D eigenvalue weighted by Crippen LogP contribution is 2.58. The summed E-state index contributed by atoms with van der Waals surface area (Å²) in [5.74, 6) is -2.26. The fourth-order valence-corrected chi connectivity index (χ4v) is 15.4. The van der Waals surface area contributed by atoms with Crippen LogP contribution in [0.2, 0.25) is 0 Å². The molecule has 0 radical (unpaired) electrons. The van der Waals surface area contributed by atoms with E-state index in [1.807, 2.05) is 6.08 Å². The first kappa shape index (κ1) is 39.2. The van der Waals surface area contributed by atoms with E-state index < -0.39 is 71.5 Å². The lowest BCUT2D eigenvalue weighted by Gasteiger charge is -2.61. The molecular weight excluding hydrogens is 745 g/mol. The minimum atomic E-state index is -2.04. The number of rotatable bonds is 4. The van der Waals surface area contributed by atoms with Gasteiger partial charge in [-0.25, -0.2) is 0 Å². The summed E-state index contributed by atoms with van der Waals surface area (Å²) in [4.78, 5) is 30.3. The summed E-state index contributed by atoms with van der Waals surface area (Å²) in [5, 5.41) is 75.1. The van der Waals surface area contributed by atoms with Crippen LogP contribution in [0, 0.1) is 52.8 Å². The van der Waals surface area contributed by atoms with Gasteiger partial charge in [0.05, 0.1) is 36.5 Å². The van der Waals surface area contributed by atoms with Crippen LogP contribution in [0.25, 0.3) is 0 Å². The summed E-state index contributed by atoms with van der Waals surface area (Å²) in [7, 11) is 3.10. The van der Waals surface area contributed by atoms with Gasteiger partial charge in [-0.15, -0.1) is 0 Å². The summed E-state index contributed by atoms with van der Waals surface area (Å²) in [6, 6.07) is 0. The van der Waals surface area contributed by atoms with Gasteiger partial charge in [0, 0.05) is 30.6 Å². The molecule has 0 aromatic heterocycles. The Hall–Kier alpha value is -1.30. The molecule has 5 aliphatic heterocycles. The van der Waals surface area contributed by atoms with Crippen molar-refractivity contribution in [3.63, 3.8) is 0 Å². The number of carbonyl (C=O) groups excluding carboxylic acids is 2. The van der Waals surface area contributed by atoms with Gasteiger partial charge in [-0.05, 0) is 86.7 Å². The van der Waals surface area contributed by atoms with Crippen LogP contribution >= 0.6 is 21.6 Å². The van der Waals surface area contributed by atoms with E-state index >= 15 is 4.79 Å². The third kappa shape index (κ3) is 6.29. The molecule has 0 amide bonds. The van der Waals surface area contributed by atoms with Crippen LogP contribution in [0.1, 0.15) is 77.0 Å². The lowest BCUT2D eigenvalue weighted by molar-refractivity contribution is -0.711. The van der Waals surface area contributed by atoms with Crippen LogP contribution in [-0.4, -0.2) is 115 Å². The molecule has 0 aromatic carbocycles. The Kier molecular flexibility index (Phi) is 10.7. The zero-order valence-corrected chi connectivity index (χ0v) is 33.0. The zero-order chi connectivity index (χ0) is 38.3. The normalized spacial score (nSPS) is 51.1. The Bertz CT molecular complexity index is 1610. The molecule has 5 heterocycles. The molecule has 1 spiro atoms. The van der Waals surface area contributed by atoms with Crippen LogP contribution in [0.15, 0.2) is 35.6 Å². The molecule has 14 heteroatoms. The van der Waals surface area contributed by atoms with E-state index in [1.54, 1.807) is 16.9 Å². The van der Waals surface area contributed by atoms with Crippen molar-refractivity contribution in [2.24, 2.45) is 52.8 Å². The average molecular weight is 804 g/mol. The lowest BCUT2D eigenvalue weighted by Crippen LogP contribution is -2.97. The molecule has 10 aliphatic rings. The standard InChI is InChI=1S/C41H58N2O10S2/c44-18-22-4-1-3-21(13-22)14-23-15-28-33(47)27-5-2-6-29-32(27)34(48)40(28,30(46)16-23)20-54-55-31-8-7-26-24(10-12-42-36(26)43-31)17-25-9-11-39(19-45)38(50)41(25,51)35(49)37(52-29)53-39/h7-8,15-16,21-22,24-29,31-32,35-38,42-46,49-51H,1-6,9-14,17-20H2/p+1. The molecular formula is C41H59N2O10S2+. The quantitative estimate of drug-likeness (QED) is 0.151. The number of nitrogens with one attached hydrogen (secondary N) is 1. The van der Waals surface area contributed by atoms with Gasteiger partial charge in [-0.2, -0.15) is 0 Å². The number of aliphatic hydroxyl groups is 6. The van der Waals surface area contributed by atoms with Gasteiger partial charge < -0.3 is 45.4 Å². The Labute approximate surface area is 330 Å². The Balaban J connectivity index is 1.10. The lowest BCUT2D eigenvalue weighted by atomic mass is 9.52. The highest BCUT2D eigenvalue weighted by Gasteiger charge is 2.69. The van der Waals surface area contributed by atoms with Crippen LogP contribution in [-0.2, 0) is 19.1 Å². The number of hydrogen-bond acceptors (Lipinski definition) is 13. The molecule has 9 bridgehead atoms. The van der Waals surface area contributed by atoms with Crippen LogP contribution in [0.4, 0.5) is 0 Å². The Morgan fingerprint density at radius 2 is 1.82 bits per heavy atom. The number of carbonyl (C=O) groups is 2. The van der Waals surface area contributed by atoms with Gasteiger partial charge in [0.2, 0.25) is 0 Å². The summed E-state index contributed by atoms with van der Waals surface area (Å²) >= 11 is 0. The van der Waals surface area contributed by atoms with Gasteiger partial charge in [0.15, 0.2) is 12.1 Å². The molecule has 10 rings (SSSR count). The maximum Gasteiger partial charge on any atom is 0.187 e. The molecule has 9 N–H and O–H groups in total. The van der Waals surface area contributed by atoms with Crippen molar-refractivity contribution in [3.8, 4) is 0 Å².